The van der Waals surface area contributed by atoms with Gasteiger partial charge < -0.3 is 5.32 Å². The Kier molecular flexibility index (Phi) is 2.21. The molecule has 7 nitrogen and oxygen atoms in total. The van der Waals surface area contributed by atoms with E-state index in [2.05, 4.69) is 30.7 Å². The fourth-order valence-electron chi connectivity index (χ4n) is 1.63. The minimum absolute atomic E-state index is 0.648. The zero-order valence-corrected chi connectivity index (χ0v) is 9.25. The second kappa shape index (κ2) is 3.85. The summed E-state index contributed by atoms with van der Waals surface area (Å²) >= 11 is 0. The summed E-state index contributed by atoms with van der Waals surface area (Å²) in [5.74, 6) is 1.56. The SMILES string of the molecule is Cc1nnc2c(NCc3cn[nH]c3)nccn12. The van der Waals surface area contributed by atoms with E-state index in [0.29, 0.717) is 12.4 Å². The maximum atomic E-state index is 4.25. The van der Waals surface area contributed by atoms with Crippen molar-refractivity contribution in [2.75, 3.05) is 5.32 Å². The van der Waals surface area contributed by atoms with Gasteiger partial charge in [0.2, 0.25) is 5.65 Å². The van der Waals surface area contributed by atoms with Crippen LogP contribution in [-0.4, -0.2) is 29.8 Å². The largest absolute Gasteiger partial charge is 0.363 e. The summed E-state index contributed by atoms with van der Waals surface area (Å²) in [6.07, 6.45) is 7.17. The molecule has 0 saturated carbocycles. The number of hydrogen-bond donors (Lipinski definition) is 2. The van der Waals surface area contributed by atoms with E-state index in [9.17, 15) is 0 Å². The molecular weight excluding hydrogens is 218 g/mol. The molecule has 0 saturated heterocycles. The number of fused-ring (bicyclic) bond motifs is 1. The Labute approximate surface area is 96.9 Å². The number of nitrogens with one attached hydrogen (secondary N) is 2. The smallest absolute Gasteiger partial charge is 0.203 e. The molecule has 2 N–H and O–H groups in total. The maximum absolute atomic E-state index is 4.25. The third-order valence-electron chi connectivity index (χ3n) is 2.51. The first-order valence-corrected chi connectivity index (χ1v) is 5.22. The van der Waals surface area contributed by atoms with E-state index in [1.165, 1.54) is 0 Å². The number of H-pyrrole nitrogens is 1. The molecule has 7 heteroatoms. The van der Waals surface area contributed by atoms with Crippen molar-refractivity contribution in [2.45, 2.75) is 13.5 Å². The topological polar surface area (TPSA) is 83.8 Å². The van der Waals surface area contributed by atoms with Gasteiger partial charge in [-0.3, -0.25) is 9.50 Å². The van der Waals surface area contributed by atoms with Crippen LogP contribution in [0, 0.1) is 6.92 Å². The predicted octanol–water partition coefficient (Wildman–Crippen LogP) is 0.768. The highest BCUT2D eigenvalue weighted by Crippen LogP contribution is 2.12. The molecular formula is C10H11N7. The molecule has 0 aliphatic heterocycles. The van der Waals surface area contributed by atoms with Crippen molar-refractivity contribution in [3.05, 3.63) is 36.2 Å². The van der Waals surface area contributed by atoms with Crippen LogP contribution in [-0.2, 0) is 6.54 Å². The molecule has 0 fully saturated rings. The first-order chi connectivity index (χ1) is 8.34. The number of anilines is 1. The average molecular weight is 229 g/mol. The lowest BCUT2D eigenvalue weighted by molar-refractivity contribution is 1.000. The Morgan fingerprint density at radius 3 is 3.18 bits per heavy atom. The summed E-state index contributed by atoms with van der Waals surface area (Å²) < 4.78 is 1.89. The van der Waals surface area contributed by atoms with E-state index in [1.807, 2.05) is 23.7 Å². The highest BCUT2D eigenvalue weighted by Gasteiger charge is 2.07. The Morgan fingerprint density at radius 2 is 2.35 bits per heavy atom. The van der Waals surface area contributed by atoms with Crippen molar-refractivity contribution < 1.29 is 0 Å². The van der Waals surface area contributed by atoms with E-state index in [-0.39, 0.29) is 0 Å². The van der Waals surface area contributed by atoms with Crippen molar-refractivity contribution in [2.24, 2.45) is 0 Å². The van der Waals surface area contributed by atoms with Gasteiger partial charge in [0.05, 0.1) is 6.20 Å². The van der Waals surface area contributed by atoms with Crippen LogP contribution < -0.4 is 5.32 Å². The summed E-state index contributed by atoms with van der Waals surface area (Å²) in [5, 5.41) is 18.0. The zero-order chi connectivity index (χ0) is 11.7. The minimum atomic E-state index is 0.648. The van der Waals surface area contributed by atoms with E-state index >= 15 is 0 Å². The standard InChI is InChI=1S/C10H11N7/c1-7-15-16-10-9(11-2-3-17(7)10)12-4-8-5-13-14-6-8/h2-3,5-6H,4H2,1H3,(H,11,12)(H,13,14). The van der Waals surface area contributed by atoms with Gasteiger partial charge in [-0.15, -0.1) is 10.2 Å². The molecule has 3 aromatic rings. The number of rotatable bonds is 3. The highest BCUT2D eigenvalue weighted by molar-refractivity contribution is 5.61. The molecule has 0 atom stereocenters. The van der Waals surface area contributed by atoms with Crippen LogP contribution in [0.15, 0.2) is 24.8 Å². The van der Waals surface area contributed by atoms with Gasteiger partial charge in [0.25, 0.3) is 0 Å². The third kappa shape index (κ3) is 1.71. The van der Waals surface area contributed by atoms with Crippen LogP contribution in [0.5, 0.6) is 0 Å². The lowest BCUT2D eigenvalue weighted by atomic mass is 10.3. The first-order valence-electron chi connectivity index (χ1n) is 5.22. The molecule has 0 aliphatic carbocycles. The second-order valence-corrected chi connectivity index (χ2v) is 3.68. The van der Waals surface area contributed by atoms with Gasteiger partial charge >= 0.3 is 0 Å². The Balaban J connectivity index is 1.90. The van der Waals surface area contributed by atoms with Gasteiger partial charge in [-0.2, -0.15) is 5.10 Å². The van der Waals surface area contributed by atoms with Gasteiger partial charge in [0, 0.05) is 30.7 Å². The second-order valence-electron chi connectivity index (χ2n) is 3.68. The summed E-state index contributed by atoms with van der Waals surface area (Å²) in [5.41, 5.74) is 1.79. The molecule has 3 rings (SSSR count). The van der Waals surface area contributed by atoms with Crippen molar-refractivity contribution in [3.8, 4) is 0 Å². The van der Waals surface area contributed by atoms with Gasteiger partial charge in [-0.1, -0.05) is 0 Å². The van der Waals surface area contributed by atoms with Crippen LogP contribution >= 0.6 is 0 Å². The number of aryl methyl sites for hydroxylation is 1. The Morgan fingerprint density at radius 1 is 1.41 bits per heavy atom. The summed E-state index contributed by atoms with van der Waals surface area (Å²) in [4.78, 5) is 4.25. The number of aromatic nitrogens is 6. The Bertz CT molecular complexity index is 625. The molecule has 0 unspecified atom stereocenters. The van der Waals surface area contributed by atoms with Crippen LogP contribution in [0.3, 0.4) is 0 Å². The van der Waals surface area contributed by atoms with Crippen LogP contribution in [0.25, 0.3) is 5.65 Å². The average Bonchev–Trinajstić information content (AvgIpc) is 2.97. The molecule has 3 aromatic heterocycles. The van der Waals surface area contributed by atoms with Crippen LogP contribution in [0.4, 0.5) is 5.82 Å². The predicted molar refractivity (Wildman–Crippen MR) is 61.4 cm³/mol. The lowest BCUT2D eigenvalue weighted by Gasteiger charge is -2.04. The molecule has 0 aromatic carbocycles. The van der Waals surface area contributed by atoms with E-state index in [0.717, 1.165) is 17.0 Å². The lowest BCUT2D eigenvalue weighted by Crippen LogP contribution is -2.03. The van der Waals surface area contributed by atoms with Gasteiger partial charge in [-0.05, 0) is 6.92 Å². The van der Waals surface area contributed by atoms with E-state index in [4.69, 9.17) is 0 Å². The summed E-state index contributed by atoms with van der Waals surface area (Å²) in [7, 11) is 0. The molecule has 86 valence electrons. The molecule has 17 heavy (non-hydrogen) atoms. The van der Waals surface area contributed by atoms with E-state index < -0.39 is 0 Å². The monoisotopic (exact) mass is 229 g/mol. The summed E-state index contributed by atoms with van der Waals surface area (Å²) in [6, 6.07) is 0. The van der Waals surface area contributed by atoms with Crippen LogP contribution in [0.1, 0.15) is 11.4 Å². The molecule has 0 amide bonds. The van der Waals surface area contributed by atoms with Crippen molar-refractivity contribution in [3.63, 3.8) is 0 Å². The molecule has 0 radical (unpaired) electrons. The number of hydrogen-bond acceptors (Lipinski definition) is 5. The van der Waals surface area contributed by atoms with Gasteiger partial charge in [0.15, 0.2) is 5.82 Å². The number of nitrogens with zero attached hydrogens (tertiary/aromatic N) is 5. The minimum Gasteiger partial charge on any atom is -0.363 e. The highest BCUT2D eigenvalue weighted by atomic mass is 15.3. The van der Waals surface area contributed by atoms with E-state index in [1.54, 1.807) is 12.4 Å². The zero-order valence-electron chi connectivity index (χ0n) is 9.25. The maximum Gasteiger partial charge on any atom is 0.203 e. The fraction of sp³-hybridized carbons (Fsp3) is 0.200. The number of aromatic amines is 1. The summed E-state index contributed by atoms with van der Waals surface area (Å²) in [6.45, 7) is 2.55. The van der Waals surface area contributed by atoms with Gasteiger partial charge in [-0.25, -0.2) is 4.98 Å². The normalized spacial score (nSPS) is 10.9. The first kappa shape index (κ1) is 9.76. The van der Waals surface area contributed by atoms with Crippen LogP contribution in [0.2, 0.25) is 0 Å². The Hall–Kier alpha value is -2.44. The quantitative estimate of drug-likeness (QED) is 0.693. The fourth-order valence-corrected chi connectivity index (χ4v) is 1.63. The van der Waals surface area contributed by atoms with Crippen molar-refractivity contribution in [1.29, 1.82) is 0 Å². The molecule has 0 bridgehead atoms. The molecule has 0 aliphatic rings. The van der Waals surface area contributed by atoms with Crippen molar-refractivity contribution in [1.82, 2.24) is 29.8 Å². The third-order valence-corrected chi connectivity index (χ3v) is 2.51. The molecule has 0 spiro atoms. The molecule has 3 heterocycles. The van der Waals surface area contributed by atoms with Crippen molar-refractivity contribution >= 4 is 11.5 Å². The van der Waals surface area contributed by atoms with Gasteiger partial charge in [0.1, 0.15) is 5.82 Å².